The first-order valence-corrected chi connectivity index (χ1v) is 6.23. The highest BCUT2D eigenvalue weighted by molar-refractivity contribution is 5.20. The molecule has 0 bridgehead atoms. The summed E-state index contributed by atoms with van der Waals surface area (Å²) in [4.78, 5) is 0. The Hall–Kier alpha value is -1.16. The molecule has 3 heteroatoms. The van der Waals surface area contributed by atoms with E-state index >= 15 is 0 Å². The molecule has 1 fully saturated rings. The first-order valence-electron chi connectivity index (χ1n) is 6.23. The maximum atomic E-state index is 10.1. The lowest BCUT2D eigenvalue weighted by molar-refractivity contribution is -0.155. The summed E-state index contributed by atoms with van der Waals surface area (Å²) in [5.74, 6) is -0.673. The van der Waals surface area contributed by atoms with Gasteiger partial charge in [0.15, 0.2) is 5.79 Å². The van der Waals surface area contributed by atoms with E-state index in [-0.39, 0.29) is 12.2 Å². The van der Waals surface area contributed by atoms with Gasteiger partial charge in [-0.05, 0) is 25.8 Å². The standard InChI is InChI=1S/C15H20O3/c1-4-8-12(16)14-13(17-15(2,3)18-14)11-9-6-5-7-10-11/h4-7,9-10,12-14,16H,1,8H2,2-3H3/t12-,13+,14+/m1/s1. The Balaban J connectivity index is 2.23. The monoisotopic (exact) mass is 248 g/mol. The minimum atomic E-state index is -0.673. The normalized spacial score (nSPS) is 27.9. The first-order chi connectivity index (χ1) is 8.53. The van der Waals surface area contributed by atoms with E-state index < -0.39 is 11.9 Å². The highest BCUT2D eigenvalue weighted by atomic mass is 16.8. The van der Waals surface area contributed by atoms with Gasteiger partial charge in [-0.25, -0.2) is 0 Å². The van der Waals surface area contributed by atoms with Crippen molar-refractivity contribution in [1.82, 2.24) is 0 Å². The van der Waals surface area contributed by atoms with E-state index in [4.69, 9.17) is 9.47 Å². The molecule has 0 saturated carbocycles. The maximum Gasteiger partial charge on any atom is 0.164 e. The predicted octanol–water partition coefficient (Wildman–Crippen LogP) is 2.82. The lowest BCUT2D eigenvalue weighted by atomic mass is 9.99. The van der Waals surface area contributed by atoms with E-state index in [1.165, 1.54) is 0 Å². The Bertz CT molecular complexity index is 399. The first kappa shape index (κ1) is 13.3. The number of aliphatic hydroxyl groups is 1. The molecule has 1 N–H and O–H groups in total. The van der Waals surface area contributed by atoms with Crippen LogP contribution in [0, 0.1) is 0 Å². The fourth-order valence-electron chi connectivity index (χ4n) is 2.28. The van der Waals surface area contributed by atoms with Gasteiger partial charge in [-0.3, -0.25) is 0 Å². The number of hydrogen-bond donors (Lipinski definition) is 1. The molecule has 2 rings (SSSR count). The van der Waals surface area contributed by atoms with Crippen LogP contribution < -0.4 is 0 Å². The molecular formula is C15H20O3. The number of hydrogen-bond acceptors (Lipinski definition) is 3. The summed E-state index contributed by atoms with van der Waals surface area (Å²) in [6.45, 7) is 7.38. The molecule has 0 aliphatic carbocycles. The SMILES string of the molecule is C=CC[C@@H](O)[C@@H]1OC(C)(C)O[C@H]1c1ccccc1. The molecule has 1 aliphatic heterocycles. The second-order valence-corrected chi connectivity index (χ2v) is 5.02. The minimum Gasteiger partial charge on any atom is -0.390 e. The lowest BCUT2D eigenvalue weighted by Gasteiger charge is -2.21. The van der Waals surface area contributed by atoms with Crippen LogP contribution in [0.2, 0.25) is 0 Å². The Morgan fingerprint density at radius 1 is 1.33 bits per heavy atom. The van der Waals surface area contributed by atoms with Crippen molar-refractivity contribution in [2.75, 3.05) is 0 Å². The zero-order valence-corrected chi connectivity index (χ0v) is 10.9. The van der Waals surface area contributed by atoms with Gasteiger partial charge in [-0.1, -0.05) is 36.4 Å². The second-order valence-electron chi connectivity index (χ2n) is 5.02. The molecule has 1 aliphatic rings. The van der Waals surface area contributed by atoms with Gasteiger partial charge in [0.2, 0.25) is 0 Å². The summed E-state index contributed by atoms with van der Waals surface area (Å²) in [5, 5.41) is 10.1. The number of aliphatic hydroxyl groups excluding tert-OH is 1. The quantitative estimate of drug-likeness (QED) is 0.833. The number of rotatable bonds is 4. The van der Waals surface area contributed by atoms with Gasteiger partial charge in [0.05, 0.1) is 6.10 Å². The third kappa shape index (κ3) is 2.80. The fraction of sp³-hybridized carbons (Fsp3) is 0.467. The minimum absolute atomic E-state index is 0.240. The molecule has 3 atom stereocenters. The van der Waals surface area contributed by atoms with Gasteiger partial charge in [0, 0.05) is 0 Å². The molecular weight excluding hydrogens is 228 g/mol. The largest absolute Gasteiger partial charge is 0.390 e. The van der Waals surface area contributed by atoms with E-state index in [1.807, 2.05) is 44.2 Å². The highest BCUT2D eigenvalue weighted by Gasteiger charge is 2.44. The van der Waals surface area contributed by atoms with E-state index in [0.29, 0.717) is 6.42 Å². The molecule has 3 nitrogen and oxygen atoms in total. The van der Waals surface area contributed by atoms with Crippen molar-refractivity contribution < 1.29 is 14.6 Å². The van der Waals surface area contributed by atoms with E-state index in [0.717, 1.165) is 5.56 Å². The maximum absolute atomic E-state index is 10.1. The van der Waals surface area contributed by atoms with Crippen LogP contribution in [0.25, 0.3) is 0 Å². The smallest absolute Gasteiger partial charge is 0.164 e. The van der Waals surface area contributed by atoms with Gasteiger partial charge in [0.25, 0.3) is 0 Å². The van der Waals surface area contributed by atoms with Crippen LogP contribution in [0.1, 0.15) is 31.9 Å². The third-order valence-electron chi connectivity index (χ3n) is 3.04. The van der Waals surface area contributed by atoms with Crippen LogP contribution in [-0.2, 0) is 9.47 Å². The predicted molar refractivity (Wildman–Crippen MR) is 70.0 cm³/mol. The Kier molecular flexibility index (Phi) is 3.85. The summed E-state index contributed by atoms with van der Waals surface area (Å²) in [5.41, 5.74) is 1.02. The summed E-state index contributed by atoms with van der Waals surface area (Å²) in [6, 6.07) is 9.85. The van der Waals surface area contributed by atoms with Gasteiger partial charge in [-0.15, -0.1) is 6.58 Å². The molecule has 0 radical (unpaired) electrons. The van der Waals surface area contributed by atoms with Gasteiger partial charge in [-0.2, -0.15) is 0 Å². The zero-order chi connectivity index (χ0) is 13.2. The van der Waals surface area contributed by atoms with Crippen molar-refractivity contribution in [2.24, 2.45) is 0 Å². The third-order valence-corrected chi connectivity index (χ3v) is 3.04. The molecule has 0 aromatic heterocycles. The second kappa shape index (κ2) is 5.22. The van der Waals surface area contributed by atoms with Crippen LogP contribution in [0.4, 0.5) is 0 Å². The van der Waals surface area contributed by atoms with E-state index in [2.05, 4.69) is 6.58 Å². The average Bonchev–Trinajstić information content (AvgIpc) is 2.67. The van der Waals surface area contributed by atoms with Crippen LogP contribution >= 0.6 is 0 Å². The van der Waals surface area contributed by atoms with Gasteiger partial charge < -0.3 is 14.6 Å². The van der Waals surface area contributed by atoms with Crippen LogP contribution in [0.5, 0.6) is 0 Å². The average molecular weight is 248 g/mol. The van der Waals surface area contributed by atoms with Crippen molar-refractivity contribution in [3.8, 4) is 0 Å². The van der Waals surface area contributed by atoms with E-state index in [9.17, 15) is 5.11 Å². The summed E-state index contributed by atoms with van der Waals surface area (Å²) < 4.78 is 11.7. The Labute approximate surface area is 108 Å². The van der Waals surface area contributed by atoms with Crippen molar-refractivity contribution >= 4 is 0 Å². The summed E-state index contributed by atoms with van der Waals surface area (Å²) >= 11 is 0. The number of benzene rings is 1. The van der Waals surface area contributed by atoms with Crippen molar-refractivity contribution in [3.05, 3.63) is 48.6 Å². The lowest BCUT2D eigenvalue weighted by Crippen LogP contribution is -2.31. The topological polar surface area (TPSA) is 38.7 Å². The van der Waals surface area contributed by atoms with Crippen molar-refractivity contribution in [1.29, 1.82) is 0 Å². The zero-order valence-electron chi connectivity index (χ0n) is 10.9. The van der Waals surface area contributed by atoms with Gasteiger partial charge in [0.1, 0.15) is 12.2 Å². The van der Waals surface area contributed by atoms with E-state index in [1.54, 1.807) is 6.08 Å². The van der Waals surface area contributed by atoms with Gasteiger partial charge >= 0.3 is 0 Å². The molecule has 1 aromatic rings. The molecule has 1 saturated heterocycles. The van der Waals surface area contributed by atoms with Crippen LogP contribution in [0.3, 0.4) is 0 Å². The van der Waals surface area contributed by atoms with Crippen molar-refractivity contribution in [3.63, 3.8) is 0 Å². The Morgan fingerprint density at radius 2 is 2.00 bits per heavy atom. The molecule has 1 heterocycles. The summed E-state index contributed by atoms with van der Waals surface area (Å²) in [7, 11) is 0. The molecule has 18 heavy (non-hydrogen) atoms. The molecule has 0 spiro atoms. The van der Waals surface area contributed by atoms with Crippen LogP contribution in [-0.4, -0.2) is 23.1 Å². The molecule has 1 aromatic carbocycles. The highest BCUT2D eigenvalue weighted by Crippen LogP contribution is 2.40. The Morgan fingerprint density at radius 3 is 2.61 bits per heavy atom. The fourth-order valence-corrected chi connectivity index (χ4v) is 2.28. The molecule has 98 valence electrons. The van der Waals surface area contributed by atoms with Crippen LogP contribution in [0.15, 0.2) is 43.0 Å². The summed E-state index contributed by atoms with van der Waals surface area (Å²) in [6.07, 6.45) is 0.987. The molecule has 0 amide bonds. The molecule has 0 unspecified atom stereocenters. The van der Waals surface area contributed by atoms with Crippen molar-refractivity contribution in [2.45, 2.75) is 44.4 Å². The number of ether oxygens (including phenoxy) is 2.